The Labute approximate surface area is 137 Å². The number of hydrogen-bond donors (Lipinski definition) is 1. The van der Waals surface area contributed by atoms with E-state index in [0.29, 0.717) is 29.6 Å². The summed E-state index contributed by atoms with van der Waals surface area (Å²) in [5, 5.41) is 3.19. The van der Waals surface area contributed by atoms with Gasteiger partial charge in [-0.2, -0.15) is 0 Å². The van der Waals surface area contributed by atoms with Crippen molar-refractivity contribution < 1.29 is 9.18 Å². The van der Waals surface area contributed by atoms with Crippen LogP contribution in [0.25, 0.3) is 10.9 Å². The standard InChI is InChI=1S/C18H16FN3O2/c19-13-5-3-6-14(11-13)21-17(23)9-4-10-22-12-20-16-8-2-1-7-15(16)18(22)24/h1-3,5-8,11-12H,4,9-10H2,(H,21,23). The molecular weight excluding hydrogens is 309 g/mol. The molecule has 0 radical (unpaired) electrons. The molecule has 0 atom stereocenters. The third-order valence-corrected chi connectivity index (χ3v) is 3.64. The number of fused-ring (bicyclic) bond motifs is 1. The van der Waals surface area contributed by atoms with Crippen molar-refractivity contribution in [3.05, 3.63) is 71.0 Å². The zero-order valence-corrected chi connectivity index (χ0v) is 12.9. The number of nitrogens with zero attached hydrogens (tertiary/aromatic N) is 2. The molecule has 0 bridgehead atoms. The molecule has 24 heavy (non-hydrogen) atoms. The monoisotopic (exact) mass is 325 g/mol. The van der Waals surface area contributed by atoms with E-state index in [1.807, 2.05) is 6.07 Å². The van der Waals surface area contributed by atoms with E-state index < -0.39 is 5.82 Å². The Morgan fingerprint density at radius 2 is 2.00 bits per heavy atom. The van der Waals surface area contributed by atoms with Crippen LogP contribution in [0, 0.1) is 5.82 Å². The van der Waals surface area contributed by atoms with Gasteiger partial charge in [0.2, 0.25) is 5.91 Å². The predicted octanol–water partition coefficient (Wildman–Crippen LogP) is 2.95. The molecule has 0 aliphatic rings. The lowest BCUT2D eigenvalue weighted by Gasteiger charge is -2.07. The summed E-state index contributed by atoms with van der Waals surface area (Å²) in [7, 11) is 0. The van der Waals surface area contributed by atoms with Crippen LogP contribution in [0.2, 0.25) is 0 Å². The average Bonchev–Trinajstić information content (AvgIpc) is 2.57. The molecule has 3 rings (SSSR count). The Balaban J connectivity index is 1.59. The zero-order chi connectivity index (χ0) is 16.9. The Morgan fingerprint density at radius 1 is 1.17 bits per heavy atom. The second-order valence-electron chi connectivity index (χ2n) is 5.42. The third-order valence-electron chi connectivity index (χ3n) is 3.64. The molecule has 0 aliphatic carbocycles. The number of aromatic nitrogens is 2. The smallest absolute Gasteiger partial charge is 0.261 e. The molecule has 0 saturated carbocycles. The number of carbonyl (C=O) groups excluding carboxylic acids is 1. The molecule has 3 aromatic rings. The van der Waals surface area contributed by atoms with Crippen LogP contribution in [0.15, 0.2) is 59.7 Å². The van der Waals surface area contributed by atoms with Gasteiger partial charge in [-0.1, -0.05) is 18.2 Å². The molecule has 0 saturated heterocycles. The molecule has 1 N–H and O–H groups in total. The highest BCUT2D eigenvalue weighted by Gasteiger charge is 2.06. The molecule has 1 aromatic heterocycles. The minimum Gasteiger partial charge on any atom is -0.326 e. The third kappa shape index (κ3) is 3.65. The number of nitrogens with one attached hydrogen (secondary N) is 1. The second kappa shape index (κ2) is 7.04. The average molecular weight is 325 g/mol. The van der Waals surface area contributed by atoms with E-state index in [2.05, 4.69) is 10.3 Å². The highest BCUT2D eigenvalue weighted by Crippen LogP contribution is 2.10. The molecule has 0 fully saturated rings. The summed E-state index contributed by atoms with van der Waals surface area (Å²) in [6, 6.07) is 12.9. The van der Waals surface area contributed by atoms with Crippen LogP contribution in [0.5, 0.6) is 0 Å². The molecule has 6 heteroatoms. The van der Waals surface area contributed by atoms with Crippen molar-refractivity contribution in [2.45, 2.75) is 19.4 Å². The SMILES string of the molecule is O=C(CCCn1cnc2ccccc2c1=O)Nc1cccc(F)c1. The Hall–Kier alpha value is -3.02. The minimum atomic E-state index is -0.401. The molecule has 5 nitrogen and oxygen atoms in total. The number of para-hydroxylation sites is 1. The Bertz CT molecular complexity index is 937. The summed E-state index contributed by atoms with van der Waals surface area (Å²) in [5.74, 6) is -0.621. The molecule has 1 heterocycles. The predicted molar refractivity (Wildman–Crippen MR) is 90.3 cm³/mol. The van der Waals surface area contributed by atoms with Crippen LogP contribution in [-0.2, 0) is 11.3 Å². The largest absolute Gasteiger partial charge is 0.326 e. The maximum atomic E-state index is 13.1. The number of halogens is 1. The molecule has 122 valence electrons. The fourth-order valence-corrected chi connectivity index (χ4v) is 2.47. The lowest BCUT2D eigenvalue weighted by molar-refractivity contribution is -0.116. The normalized spacial score (nSPS) is 10.7. The van der Waals surface area contributed by atoms with Gasteiger partial charge in [-0.3, -0.25) is 14.2 Å². The van der Waals surface area contributed by atoms with Crippen LogP contribution in [0.3, 0.4) is 0 Å². The van der Waals surface area contributed by atoms with Gasteiger partial charge in [-0.25, -0.2) is 9.37 Å². The Morgan fingerprint density at radius 3 is 2.83 bits per heavy atom. The minimum absolute atomic E-state index is 0.119. The van der Waals surface area contributed by atoms with Gasteiger partial charge in [-0.05, 0) is 36.8 Å². The fraction of sp³-hybridized carbons (Fsp3) is 0.167. The van der Waals surface area contributed by atoms with Gasteiger partial charge < -0.3 is 5.32 Å². The lowest BCUT2D eigenvalue weighted by Crippen LogP contribution is -2.21. The number of hydrogen-bond acceptors (Lipinski definition) is 3. The number of rotatable bonds is 5. The van der Waals surface area contributed by atoms with Crippen LogP contribution < -0.4 is 10.9 Å². The summed E-state index contributed by atoms with van der Waals surface area (Å²) >= 11 is 0. The van der Waals surface area contributed by atoms with Gasteiger partial charge in [0.1, 0.15) is 5.82 Å². The number of amides is 1. The number of anilines is 1. The van der Waals surface area contributed by atoms with Crippen molar-refractivity contribution in [1.82, 2.24) is 9.55 Å². The summed E-state index contributed by atoms with van der Waals surface area (Å²) < 4.78 is 14.6. The fourth-order valence-electron chi connectivity index (χ4n) is 2.47. The van der Waals surface area contributed by atoms with E-state index in [-0.39, 0.29) is 17.9 Å². The van der Waals surface area contributed by atoms with Crippen LogP contribution in [0.4, 0.5) is 10.1 Å². The maximum Gasteiger partial charge on any atom is 0.261 e. The lowest BCUT2D eigenvalue weighted by atomic mass is 10.2. The number of benzene rings is 2. The number of carbonyl (C=O) groups is 1. The summed E-state index contributed by atoms with van der Waals surface area (Å²) in [6.45, 7) is 0.396. The zero-order valence-electron chi connectivity index (χ0n) is 12.9. The second-order valence-corrected chi connectivity index (χ2v) is 5.42. The van der Waals surface area contributed by atoms with Crippen molar-refractivity contribution in [2.24, 2.45) is 0 Å². The van der Waals surface area contributed by atoms with E-state index in [0.717, 1.165) is 0 Å². The summed E-state index contributed by atoms with van der Waals surface area (Å²) in [4.78, 5) is 28.4. The topological polar surface area (TPSA) is 64.0 Å². The van der Waals surface area contributed by atoms with Gasteiger partial charge in [0.15, 0.2) is 0 Å². The van der Waals surface area contributed by atoms with Crippen LogP contribution in [-0.4, -0.2) is 15.5 Å². The summed E-state index contributed by atoms with van der Waals surface area (Å²) in [5.41, 5.74) is 0.957. The van der Waals surface area contributed by atoms with Gasteiger partial charge in [0, 0.05) is 18.7 Å². The highest BCUT2D eigenvalue weighted by atomic mass is 19.1. The van der Waals surface area contributed by atoms with E-state index in [4.69, 9.17) is 0 Å². The van der Waals surface area contributed by atoms with Gasteiger partial charge in [-0.15, -0.1) is 0 Å². The first kappa shape index (κ1) is 15.9. The van der Waals surface area contributed by atoms with Crippen LogP contribution in [0.1, 0.15) is 12.8 Å². The van der Waals surface area contributed by atoms with E-state index >= 15 is 0 Å². The van der Waals surface area contributed by atoms with E-state index in [9.17, 15) is 14.0 Å². The maximum absolute atomic E-state index is 13.1. The van der Waals surface area contributed by atoms with E-state index in [1.165, 1.54) is 29.1 Å². The van der Waals surface area contributed by atoms with E-state index in [1.54, 1.807) is 24.3 Å². The quantitative estimate of drug-likeness (QED) is 0.784. The molecular formula is C18H16FN3O2. The first-order chi connectivity index (χ1) is 11.6. The molecule has 0 spiro atoms. The van der Waals surface area contributed by atoms with Crippen molar-refractivity contribution in [2.75, 3.05) is 5.32 Å². The van der Waals surface area contributed by atoms with Crippen molar-refractivity contribution in [1.29, 1.82) is 0 Å². The first-order valence-electron chi connectivity index (χ1n) is 7.63. The van der Waals surface area contributed by atoms with Gasteiger partial charge in [0.25, 0.3) is 5.56 Å². The number of aryl methyl sites for hydroxylation is 1. The molecule has 2 aromatic carbocycles. The van der Waals surface area contributed by atoms with Crippen LogP contribution >= 0.6 is 0 Å². The van der Waals surface area contributed by atoms with Crippen molar-refractivity contribution >= 4 is 22.5 Å². The molecule has 0 aliphatic heterocycles. The Kier molecular flexibility index (Phi) is 4.65. The summed E-state index contributed by atoms with van der Waals surface area (Å²) in [6.07, 6.45) is 2.21. The molecule has 0 unspecified atom stereocenters. The van der Waals surface area contributed by atoms with Crippen molar-refractivity contribution in [3.63, 3.8) is 0 Å². The highest BCUT2D eigenvalue weighted by molar-refractivity contribution is 5.90. The van der Waals surface area contributed by atoms with Gasteiger partial charge >= 0.3 is 0 Å². The molecule has 1 amide bonds. The van der Waals surface area contributed by atoms with Gasteiger partial charge in [0.05, 0.1) is 17.2 Å². The van der Waals surface area contributed by atoms with Crippen molar-refractivity contribution in [3.8, 4) is 0 Å². The first-order valence-corrected chi connectivity index (χ1v) is 7.63.